The zero-order valence-electron chi connectivity index (χ0n) is 14.2. The predicted molar refractivity (Wildman–Crippen MR) is 95.3 cm³/mol. The molecule has 0 saturated heterocycles. The molecule has 1 atom stereocenters. The molecule has 1 aliphatic carbocycles. The van der Waals surface area contributed by atoms with Gasteiger partial charge in [-0.05, 0) is 43.7 Å². The van der Waals surface area contributed by atoms with E-state index in [1.165, 1.54) is 0 Å². The van der Waals surface area contributed by atoms with E-state index in [2.05, 4.69) is 15.3 Å². The maximum Gasteiger partial charge on any atom is 0.227 e. The molecule has 3 aromatic rings. The summed E-state index contributed by atoms with van der Waals surface area (Å²) in [4.78, 5) is 21.7. The van der Waals surface area contributed by atoms with Gasteiger partial charge >= 0.3 is 0 Å². The van der Waals surface area contributed by atoms with E-state index in [1.807, 2.05) is 50.2 Å². The number of carbonyl (C=O) groups excluding carboxylic acids is 1. The zero-order chi connectivity index (χ0) is 17.4. The SMILES string of the molecule is Cc1cccc(Nc2nc(C)c3c(n2)CC(c2ccco2)CC3=O)c1. The van der Waals surface area contributed by atoms with Crippen LogP contribution in [0.1, 0.15) is 45.4 Å². The number of aromatic nitrogens is 2. The molecule has 2 aromatic heterocycles. The van der Waals surface area contributed by atoms with Crippen molar-refractivity contribution in [3.8, 4) is 0 Å². The molecule has 0 aliphatic heterocycles. The predicted octanol–water partition coefficient (Wildman–Crippen LogP) is 4.34. The molecular weight excluding hydrogens is 314 g/mol. The standard InChI is InChI=1S/C20H19N3O2/c1-12-5-3-6-15(9-12)22-20-21-13(2)19-16(23-20)10-14(11-17(19)24)18-7-4-8-25-18/h3-9,14H,10-11H2,1-2H3,(H,21,22,23). The zero-order valence-corrected chi connectivity index (χ0v) is 14.2. The van der Waals surface area contributed by atoms with Gasteiger partial charge in [0.25, 0.3) is 0 Å². The summed E-state index contributed by atoms with van der Waals surface area (Å²) in [6.45, 7) is 3.91. The van der Waals surface area contributed by atoms with Gasteiger partial charge in [0.1, 0.15) is 5.76 Å². The van der Waals surface area contributed by atoms with Crippen molar-refractivity contribution in [1.82, 2.24) is 9.97 Å². The lowest BCUT2D eigenvalue weighted by Gasteiger charge is -2.23. The van der Waals surface area contributed by atoms with E-state index in [1.54, 1.807) is 6.26 Å². The Morgan fingerprint density at radius 1 is 1.12 bits per heavy atom. The first kappa shape index (κ1) is 15.6. The number of hydrogen-bond donors (Lipinski definition) is 1. The van der Waals surface area contributed by atoms with Crippen LogP contribution in [0.4, 0.5) is 11.6 Å². The van der Waals surface area contributed by atoms with Crippen molar-refractivity contribution in [2.45, 2.75) is 32.6 Å². The fourth-order valence-corrected chi connectivity index (χ4v) is 3.41. The Labute approximate surface area is 146 Å². The number of ketones is 1. The highest BCUT2D eigenvalue weighted by Gasteiger charge is 2.31. The van der Waals surface area contributed by atoms with Crippen LogP contribution in [0, 0.1) is 13.8 Å². The number of furan rings is 1. The number of rotatable bonds is 3. The second-order valence-electron chi connectivity index (χ2n) is 6.49. The van der Waals surface area contributed by atoms with E-state index >= 15 is 0 Å². The van der Waals surface area contributed by atoms with Crippen LogP contribution in [0.5, 0.6) is 0 Å². The first-order chi connectivity index (χ1) is 12.1. The highest BCUT2D eigenvalue weighted by atomic mass is 16.3. The molecule has 1 aromatic carbocycles. The molecule has 1 N–H and O–H groups in total. The largest absolute Gasteiger partial charge is 0.469 e. The van der Waals surface area contributed by atoms with E-state index in [0.717, 1.165) is 28.4 Å². The van der Waals surface area contributed by atoms with Crippen molar-refractivity contribution in [2.75, 3.05) is 5.32 Å². The summed E-state index contributed by atoms with van der Waals surface area (Å²) in [5, 5.41) is 3.24. The van der Waals surface area contributed by atoms with Crippen LogP contribution in [-0.4, -0.2) is 15.8 Å². The van der Waals surface area contributed by atoms with Crippen LogP contribution in [0.15, 0.2) is 47.1 Å². The van der Waals surface area contributed by atoms with Crippen LogP contribution in [0.2, 0.25) is 0 Å². The second-order valence-corrected chi connectivity index (χ2v) is 6.49. The third-order valence-electron chi connectivity index (χ3n) is 4.53. The topological polar surface area (TPSA) is 68.0 Å². The van der Waals surface area contributed by atoms with Gasteiger partial charge in [0.2, 0.25) is 5.95 Å². The number of fused-ring (bicyclic) bond motifs is 1. The van der Waals surface area contributed by atoms with Gasteiger partial charge in [-0.2, -0.15) is 0 Å². The Morgan fingerprint density at radius 3 is 2.76 bits per heavy atom. The molecule has 0 bridgehead atoms. The number of Topliss-reactive ketones (excluding diaryl/α,β-unsaturated/α-hetero) is 1. The quantitative estimate of drug-likeness (QED) is 0.772. The Hall–Kier alpha value is -2.95. The van der Waals surface area contributed by atoms with Gasteiger partial charge < -0.3 is 9.73 Å². The van der Waals surface area contributed by atoms with Crippen molar-refractivity contribution in [3.05, 3.63) is 70.9 Å². The van der Waals surface area contributed by atoms with Gasteiger partial charge in [-0.15, -0.1) is 0 Å². The lowest BCUT2D eigenvalue weighted by atomic mass is 9.84. The van der Waals surface area contributed by atoms with Crippen LogP contribution in [0.25, 0.3) is 0 Å². The number of carbonyl (C=O) groups is 1. The fourth-order valence-electron chi connectivity index (χ4n) is 3.41. The maximum absolute atomic E-state index is 12.6. The molecular formula is C20H19N3O2. The van der Waals surface area contributed by atoms with E-state index in [4.69, 9.17) is 4.42 Å². The van der Waals surface area contributed by atoms with E-state index in [0.29, 0.717) is 24.4 Å². The second kappa shape index (κ2) is 6.16. The minimum Gasteiger partial charge on any atom is -0.469 e. The normalized spacial score (nSPS) is 16.6. The summed E-state index contributed by atoms with van der Waals surface area (Å²) >= 11 is 0. The van der Waals surface area contributed by atoms with Gasteiger partial charge in [-0.3, -0.25) is 4.79 Å². The van der Waals surface area contributed by atoms with Gasteiger partial charge in [0.15, 0.2) is 5.78 Å². The molecule has 2 heterocycles. The molecule has 1 unspecified atom stereocenters. The van der Waals surface area contributed by atoms with Crippen LogP contribution in [0.3, 0.4) is 0 Å². The Kier molecular flexibility index (Phi) is 3.84. The molecule has 0 saturated carbocycles. The molecule has 0 radical (unpaired) electrons. The fraction of sp³-hybridized carbons (Fsp3) is 0.250. The number of anilines is 2. The van der Waals surface area contributed by atoms with Crippen molar-refractivity contribution in [3.63, 3.8) is 0 Å². The molecule has 126 valence electrons. The van der Waals surface area contributed by atoms with Gasteiger partial charge in [0, 0.05) is 24.4 Å². The van der Waals surface area contributed by atoms with Crippen molar-refractivity contribution in [1.29, 1.82) is 0 Å². The number of hydrogen-bond acceptors (Lipinski definition) is 5. The van der Waals surface area contributed by atoms with Gasteiger partial charge in [-0.25, -0.2) is 9.97 Å². The number of benzene rings is 1. The third-order valence-corrected chi connectivity index (χ3v) is 4.53. The van der Waals surface area contributed by atoms with Crippen molar-refractivity contribution in [2.24, 2.45) is 0 Å². The first-order valence-electron chi connectivity index (χ1n) is 8.38. The molecule has 0 fully saturated rings. The summed E-state index contributed by atoms with van der Waals surface area (Å²) in [5.41, 5.74) is 4.28. The lowest BCUT2D eigenvalue weighted by molar-refractivity contribution is 0.0958. The Balaban J connectivity index is 1.68. The molecule has 5 nitrogen and oxygen atoms in total. The average Bonchev–Trinajstić information content (AvgIpc) is 3.08. The first-order valence-corrected chi connectivity index (χ1v) is 8.38. The maximum atomic E-state index is 12.6. The van der Waals surface area contributed by atoms with E-state index in [-0.39, 0.29) is 11.7 Å². The van der Waals surface area contributed by atoms with E-state index in [9.17, 15) is 4.79 Å². The third kappa shape index (κ3) is 3.05. The van der Waals surface area contributed by atoms with Crippen molar-refractivity contribution >= 4 is 17.4 Å². The smallest absolute Gasteiger partial charge is 0.227 e. The Bertz CT molecular complexity index is 932. The molecule has 1 aliphatic rings. The molecule has 5 heteroatoms. The Morgan fingerprint density at radius 2 is 2.00 bits per heavy atom. The highest BCUT2D eigenvalue weighted by Crippen LogP contribution is 2.33. The minimum atomic E-state index is 0.0381. The van der Waals surface area contributed by atoms with Gasteiger partial charge in [0.05, 0.1) is 23.2 Å². The number of nitrogens with one attached hydrogen (secondary N) is 1. The van der Waals surface area contributed by atoms with Crippen molar-refractivity contribution < 1.29 is 9.21 Å². The highest BCUT2D eigenvalue weighted by molar-refractivity contribution is 5.99. The monoisotopic (exact) mass is 333 g/mol. The number of aryl methyl sites for hydroxylation is 2. The van der Waals surface area contributed by atoms with Crippen LogP contribution in [-0.2, 0) is 6.42 Å². The summed E-state index contributed by atoms with van der Waals surface area (Å²) < 4.78 is 5.49. The minimum absolute atomic E-state index is 0.0381. The van der Waals surface area contributed by atoms with Crippen LogP contribution >= 0.6 is 0 Å². The lowest BCUT2D eigenvalue weighted by Crippen LogP contribution is -2.22. The summed E-state index contributed by atoms with van der Waals surface area (Å²) in [6.07, 6.45) is 2.76. The van der Waals surface area contributed by atoms with Gasteiger partial charge in [-0.1, -0.05) is 12.1 Å². The summed E-state index contributed by atoms with van der Waals surface area (Å²) in [5.74, 6) is 1.48. The number of nitrogens with zero attached hydrogens (tertiary/aromatic N) is 2. The summed E-state index contributed by atoms with van der Waals surface area (Å²) in [7, 11) is 0. The van der Waals surface area contributed by atoms with Crippen LogP contribution < -0.4 is 5.32 Å². The molecule has 0 amide bonds. The average molecular weight is 333 g/mol. The molecule has 0 spiro atoms. The molecule has 4 rings (SSSR count). The summed E-state index contributed by atoms with van der Waals surface area (Å²) in [6, 6.07) is 11.8. The molecule has 25 heavy (non-hydrogen) atoms. The van der Waals surface area contributed by atoms with E-state index < -0.39 is 0 Å².